The van der Waals surface area contributed by atoms with Gasteiger partial charge in [0.25, 0.3) is 5.91 Å². The first kappa shape index (κ1) is 15.6. The maximum Gasteiger partial charge on any atom is 0.254 e. The van der Waals surface area contributed by atoms with Crippen LogP contribution in [0.25, 0.3) is 0 Å². The molecule has 2 rings (SSSR count). The van der Waals surface area contributed by atoms with Crippen molar-refractivity contribution in [3.05, 3.63) is 47.9 Å². The molecule has 0 saturated heterocycles. The van der Waals surface area contributed by atoms with E-state index in [1.54, 1.807) is 24.3 Å². The molecular weight excluding hydrogens is 286 g/mol. The number of methoxy groups -OCH3 is 1. The van der Waals surface area contributed by atoms with Gasteiger partial charge < -0.3 is 19.2 Å². The van der Waals surface area contributed by atoms with Crippen molar-refractivity contribution in [3.63, 3.8) is 0 Å². The Hall–Kier alpha value is -2.76. The van der Waals surface area contributed by atoms with Crippen LogP contribution in [0.1, 0.15) is 27.6 Å². The first-order valence-corrected chi connectivity index (χ1v) is 6.74. The number of benzene rings is 1. The average Bonchev–Trinajstić information content (AvgIpc) is 3.05. The summed E-state index contributed by atoms with van der Waals surface area (Å²) in [5.41, 5.74) is 0.924. The normalized spacial score (nSPS) is 10.1. The molecule has 2 aromatic rings. The number of nitrogens with one attached hydrogen (secondary N) is 1. The average molecular weight is 303 g/mol. The molecule has 0 aliphatic heterocycles. The molecule has 0 atom stereocenters. The lowest BCUT2D eigenvalue weighted by Crippen LogP contribution is -2.27. The summed E-state index contributed by atoms with van der Waals surface area (Å²) in [6.45, 7) is 2.00. The van der Waals surface area contributed by atoms with Gasteiger partial charge in [-0.1, -0.05) is 0 Å². The zero-order valence-electron chi connectivity index (χ0n) is 12.4. The van der Waals surface area contributed by atoms with E-state index in [0.717, 1.165) is 0 Å². The van der Waals surface area contributed by atoms with E-state index >= 15 is 0 Å². The third-order valence-corrected chi connectivity index (χ3v) is 3.00. The Kier molecular flexibility index (Phi) is 5.19. The fraction of sp³-hybridized carbons (Fsp3) is 0.250. The first-order chi connectivity index (χ1) is 10.6. The van der Waals surface area contributed by atoms with Crippen LogP contribution in [0.15, 0.2) is 41.2 Å². The largest absolute Gasteiger partial charge is 0.497 e. The van der Waals surface area contributed by atoms with Crippen LogP contribution in [-0.4, -0.2) is 32.0 Å². The van der Waals surface area contributed by atoms with Crippen molar-refractivity contribution >= 4 is 11.7 Å². The van der Waals surface area contributed by atoms with E-state index in [0.29, 0.717) is 29.2 Å². The lowest BCUT2D eigenvalue weighted by molar-refractivity contribution is 0.0943. The molecule has 0 saturated carbocycles. The summed E-state index contributed by atoms with van der Waals surface area (Å²) in [6, 6.07) is 6.57. The van der Waals surface area contributed by atoms with Crippen molar-refractivity contribution in [2.45, 2.75) is 6.92 Å². The number of furan rings is 1. The van der Waals surface area contributed by atoms with Crippen molar-refractivity contribution < 1.29 is 23.5 Å². The molecule has 1 aromatic heterocycles. The van der Waals surface area contributed by atoms with Crippen molar-refractivity contribution in [2.24, 2.45) is 0 Å². The van der Waals surface area contributed by atoms with E-state index < -0.39 is 0 Å². The van der Waals surface area contributed by atoms with Crippen LogP contribution in [-0.2, 0) is 0 Å². The molecule has 6 nitrogen and oxygen atoms in total. The van der Waals surface area contributed by atoms with E-state index in [4.69, 9.17) is 13.9 Å². The molecule has 0 spiro atoms. The molecule has 116 valence electrons. The standard InChI is InChI=1S/C16H17NO5/c1-11(18)14-4-3-13(20-2)9-15(14)22-8-6-17-16(19)12-5-7-21-10-12/h3-5,7,9-10H,6,8H2,1-2H3,(H,17,19). The van der Waals surface area contributed by atoms with Crippen molar-refractivity contribution in [3.8, 4) is 11.5 Å². The van der Waals surface area contributed by atoms with Crippen molar-refractivity contribution in [1.29, 1.82) is 0 Å². The van der Waals surface area contributed by atoms with E-state index in [1.807, 2.05) is 0 Å². The lowest BCUT2D eigenvalue weighted by Gasteiger charge is -2.11. The number of ether oxygens (including phenoxy) is 2. The molecule has 0 aliphatic rings. The highest BCUT2D eigenvalue weighted by Gasteiger charge is 2.10. The Morgan fingerprint density at radius 3 is 2.73 bits per heavy atom. The Bertz CT molecular complexity index is 649. The van der Waals surface area contributed by atoms with Gasteiger partial charge in [0.1, 0.15) is 24.4 Å². The fourth-order valence-corrected chi connectivity index (χ4v) is 1.86. The van der Waals surface area contributed by atoms with Gasteiger partial charge in [-0.3, -0.25) is 9.59 Å². The summed E-state index contributed by atoms with van der Waals surface area (Å²) >= 11 is 0. The maximum atomic E-state index is 11.7. The molecule has 0 aliphatic carbocycles. The predicted octanol–water partition coefficient (Wildman–Crippen LogP) is 2.30. The number of hydrogen-bond donors (Lipinski definition) is 1. The highest BCUT2D eigenvalue weighted by Crippen LogP contribution is 2.25. The summed E-state index contributed by atoms with van der Waals surface area (Å²) in [5, 5.41) is 2.69. The van der Waals surface area contributed by atoms with Crippen LogP contribution >= 0.6 is 0 Å². The molecule has 1 N–H and O–H groups in total. The lowest BCUT2D eigenvalue weighted by atomic mass is 10.1. The molecule has 1 heterocycles. The first-order valence-electron chi connectivity index (χ1n) is 6.74. The number of hydrogen-bond acceptors (Lipinski definition) is 5. The number of rotatable bonds is 7. The van der Waals surface area contributed by atoms with Gasteiger partial charge in [-0.2, -0.15) is 0 Å². The van der Waals surface area contributed by atoms with Gasteiger partial charge in [-0.15, -0.1) is 0 Å². The van der Waals surface area contributed by atoms with Crippen molar-refractivity contribution in [2.75, 3.05) is 20.3 Å². The Morgan fingerprint density at radius 1 is 1.27 bits per heavy atom. The third-order valence-electron chi connectivity index (χ3n) is 3.00. The van der Waals surface area contributed by atoms with E-state index in [9.17, 15) is 9.59 Å². The van der Waals surface area contributed by atoms with Gasteiger partial charge in [-0.25, -0.2) is 0 Å². The van der Waals surface area contributed by atoms with Crippen LogP contribution in [0.5, 0.6) is 11.5 Å². The van der Waals surface area contributed by atoms with E-state index in [-0.39, 0.29) is 18.3 Å². The molecule has 1 aromatic carbocycles. The van der Waals surface area contributed by atoms with Crippen LogP contribution in [0, 0.1) is 0 Å². The van der Waals surface area contributed by atoms with Crippen LogP contribution in [0.2, 0.25) is 0 Å². The summed E-state index contributed by atoms with van der Waals surface area (Å²) in [6.07, 6.45) is 2.80. The van der Waals surface area contributed by atoms with Crippen LogP contribution in [0.3, 0.4) is 0 Å². The molecule has 0 fully saturated rings. The molecule has 0 radical (unpaired) electrons. The van der Waals surface area contributed by atoms with Gasteiger partial charge in [-0.05, 0) is 25.1 Å². The minimum absolute atomic E-state index is 0.0971. The summed E-state index contributed by atoms with van der Waals surface area (Å²) < 4.78 is 15.5. The smallest absolute Gasteiger partial charge is 0.254 e. The number of ketones is 1. The number of amides is 1. The SMILES string of the molecule is COc1ccc(C(C)=O)c(OCCNC(=O)c2ccoc2)c1. The monoisotopic (exact) mass is 303 g/mol. The molecule has 0 bridgehead atoms. The second kappa shape index (κ2) is 7.31. The zero-order valence-corrected chi connectivity index (χ0v) is 12.4. The quantitative estimate of drug-likeness (QED) is 0.627. The number of carbonyl (C=O) groups is 2. The molecule has 1 amide bonds. The molecule has 22 heavy (non-hydrogen) atoms. The summed E-state index contributed by atoms with van der Waals surface area (Å²) in [7, 11) is 1.54. The van der Waals surface area contributed by atoms with Crippen LogP contribution < -0.4 is 14.8 Å². The maximum absolute atomic E-state index is 11.7. The summed E-state index contributed by atoms with van der Waals surface area (Å²) in [5.74, 6) is 0.696. The zero-order chi connectivity index (χ0) is 15.9. The van der Waals surface area contributed by atoms with E-state index in [1.165, 1.54) is 26.6 Å². The molecule has 6 heteroatoms. The van der Waals surface area contributed by atoms with Crippen LogP contribution in [0.4, 0.5) is 0 Å². The van der Waals surface area contributed by atoms with Gasteiger partial charge in [0.2, 0.25) is 0 Å². The third kappa shape index (κ3) is 3.88. The number of Topliss-reactive ketones (excluding diaryl/α,β-unsaturated/α-hetero) is 1. The molecule has 0 unspecified atom stereocenters. The van der Waals surface area contributed by atoms with Gasteiger partial charge in [0.15, 0.2) is 5.78 Å². The highest BCUT2D eigenvalue weighted by molar-refractivity contribution is 5.97. The van der Waals surface area contributed by atoms with Gasteiger partial charge >= 0.3 is 0 Å². The van der Waals surface area contributed by atoms with Gasteiger partial charge in [0, 0.05) is 6.07 Å². The minimum atomic E-state index is -0.241. The predicted molar refractivity (Wildman–Crippen MR) is 79.5 cm³/mol. The fourth-order valence-electron chi connectivity index (χ4n) is 1.86. The molecular formula is C16H17NO5. The van der Waals surface area contributed by atoms with E-state index in [2.05, 4.69) is 5.32 Å². The van der Waals surface area contributed by atoms with Crippen molar-refractivity contribution in [1.82, 2.24) is 5.32 Å². The number of carbonyl (C=O) groups excluding carboxylic acids is 2. The van der Waals surface area contributed by atoms with Gasteiger partial charge in [0.05, 0.1) is 31.0 Å². The second-order valence-electron chi connectivity index (χ2n) is 4.53. The topological polar surface area (TPSA) is 77.8 Å². The Balaban J connectivity index is 1.91. The summed E-state index contributed by atoms with van der Waals surface area (Å²) in [4.78, 5) is 23.3. The Labute approximate surface area is 128 Å². The Morgan fingerprint density at radius 2 is 2.09 bits per heavy atom. The minimum Gasteiger partial charge on any atom is -0.497 e. The second-order valence-corrected chi connectivity index (χ2v) is 4.53. The highest BCUT2D eigenvalue weighted by atomic mass is 16.5.